The van der Waals surface area contributed by atoms with Crippen molar-refractivity contribution in [2.24, 2.45) is 0 Å². The molecule has 38 heavy (non-hydrogen) atoms. The summed E-state index contributed by atoms with van der Waals surface area (Å²) in [5.74, 6) is 0.488. The van der Waals surface area contributed by atoms with Crippen LogP contribution in [-0.2, 0) is 17.6 Å². The molecule has 1 aliphatic rings. The van der Waals surface area contributed by atoms with Crippen molar-refractivity contribution in [3.05, 3.63) is 71.4 Å². The maximum Gasteiger partial charge on any atom is 0.410 e. The Hall–Kier alpha value is -4.40. The number of hydrogen-bond donors (Lipinski definition) is 3. The summed E-state index contributed by atoms with van der Waals surface area (Å²) in [6.45, 7) is 6.91. The van der Waals surface area contributed by atoms with E-state index >= 15 is 0 Å². The topological polar surface area (TPSA) is 108 Å². The molecule has 0 saturated carbocycles. The summed E-state index contributed by atoms with van der Waals surface area (Å²) >= 11 is 0. The number of benzene rings is 2. The number of ether oxygens (including phenoxy) is 1. The van der Waals surface area contributed by atoms with Crippen LogP contribution in [0.1, 0.15) is 37.5 Å². The van der Waals surface area contributed by atoms with E-state index < -0.39 is 5.60 Å². The van der Waals surface area contributed by atoms with Crippen LogP contribution in [0.25, 0.3) is 16.8 Å². The van der Waals surface area contributed by atoms with Crippen LogP contribution in [0.2, 0.25) is 0 Å². The Balaban J connectivity index is 1.38. The van der Waals surface area contributed by atoms with Gasteiger partial charge in [-0.3, -0.25) is 0 Å². The average molecular weight is 512 g/mol. The number of carbonyl (C=O) groups is 1. The molecule has 0 radical (unpaired) electrons. The predicted molar refractivity (Wildman–Crippen MR) is 151 cm³/mol. The molecule has 5 rings (SSSR count). The Morgan fingerprint density at radius 1 is 1.05 bits per heavy atom. The van der Waals surface area contributed by atoms with Crippen LogP contribution >= 0.6 is 0 Å². The molecule has 0 aliphatic carbocycles. The summed E-state index contributed by atoms with van der Waals surface area (Å²) in [7, 11) is 1.85. The van der Waals surface area contributed by atoms with E-state index in [1.54, 1.807) is 9.42 Å². The second kappa shape index (κ2) is 10.2. The van der Waals surface area contributed by atoms with Crippen LogP contribution in [0.4, 0.5) is 22.1 Å². The molecule has 0 atom stereocenters. The minimum absolute atomic E-state index is 0.264. The average Bonchev–Trinajstić information content (AvgIpc) is 3.17. The normalized spacial score (nSPS) is 13.5. The van der Waals surface area contributed by atoms with Gasteiger partial charge in [0.05, 0.1) is 0 Å². The minimum atomic E-state index is -0.509. The molecule has 0 fully saturated rings. The number of hydrogen-bond acceptors (Lipinski definition) is 7. The lowest BCUT2D eigenvalue weighted by molar-refractivity contribution is 0.0258. The number of amides is 1. The molecule has 0 bridgehead atoms. The zero-order valence-electron chi connectivity index (χ0n) is 22.2. The third-order valence-corrected chi connectivity index (χ3v) is 6.59. The lowest BCUT2D eigenvalue weighted by Gasteiger charge is -2.26. The van der Waals surface area contributed by atoms with Crippen molar-refractivity contribution < 1.29 is 9.53 Å². The van der Waals surface area contributed by atoms with Gasteiger partial charge in [0.2, 0.25) is 5.95 Å². The van der Waals surface area contributed by atoms with Crippen molar-refractivity contribution in [1.29, 1.82) is 5.41 Å². The number of fused-ring (bicyclic) bond motifs is 2. The Labute approximate surface area is 222 Å². The number of aromatic nitrogens is 3. The highest BCUT2D eigenvalue weighted by Gasteiger charge is 2.24. The van der Waals surface area contributed by atoms with Crippen LogP contribution in [0.15, 0.2) is 54.7 Å². The van der Waals surface area contributed by atoms with E-state index in [9.17, 15) is 4.79 Å². The summed E-state index contributed by atoms with van der Waals surface area (Å²) in [6, 6.07) is 16.1. The van der Waals surface area contributed by atoms with Crippen LogP contribution in [0, 0.1) is 5.41 Å². The molecule has 2 aromatic heterocycles. The van der Waals surface area contributed by atoms with Crippen molar-refractivity contribution >= 4 is 35.3 Å². The van der Waals surface area contributed by atoms with E-state index in [1.807, 2.05) is 70.4 Å². The largest absolute Gasteiger partial charge is 0.444 e. The number of carbonyl (C=O) groups excluding carboxylic acids is 1. The van der Waals surface area contributed by atoms with E-state index in [0.717, 1.165) is 40.9 Å². The molecule has 3 heterocycles. The molecule has 0 spiro atoms. The molecule has 9 nitrogen and oxygen atoms in total. The lowest BCUT2D eigenvalue weighted by atomic mass is 9.99. The second-order valence-electron chi connectivity index (χ2n) is 10.4. The molecule has 0 unspecified atom stereocenters. The molecule has 0 saturated heterocycles. The van der Waals surface area contributed by atoms with Gasteiger partial charge in [0.15, 0.2) is 5.65 Å². The molecule has 1 amide bonds. The van der Waals surface area contributed by atoms with Gasteiger partial charge in [-0.1, -0.05) is 18.2 Å². The molecule has 196 valence electrons. The van der Waals surface area contributed by atoms with Gasteiger partial charge in [-0.15, -0.1) is 5.10 Å². The maximum absolute atomic E-state index is 12.6. The first-order valence-electron chi connectivity index (χ1n) is 12.8. The highest BCUT2D eigenvalue weighted by Crippen LogP contribution is 2.31. The summed E-state index contributed by atoms with van der Waals surface area (Å²) < 4.78 is 7.32. The second-order valence-corrected chi connectivity index (χ2v) is 10.4. The highest BCUT2D eigenvalue weighted by atomic mass is 16.6. The van der Waals surface area contributed by atoms with Gasteiger partial charge in [0.25, 0.3) is 0 Å². The third kappa shape index (κ3) is 5.18. The van der Waals surface area contributed by atoms with Crippen LogP contribution in [-0.4, -0.2) is 57.5 Å². The fourth-order valence-corrected chi connectivity index (χ4v) is 4.78. The number of anilines is 3. The van der Waals surface area contributed by atoms with E-state index in [2.05, 4.69) is 27.9 Å². The summed E-state index contributed by atoms with van der Waals surface area (Å²) in [5.41, 5.74) is 7.01. The van der Waals surface area contributed by atoms with Gasteiger partial charge >= 0.3 is 6.09 Å². The monoisotopic (exact) mass is 511 g/mol. The van der Waals surface area contributed by atoms with Crippen molar-refractivity contribution in [3.63, 3.8) is 0 Å². The maximum atomic E-state index is 12.6. The quantitative estimate of drug-likeness (QED) is 0.305. The van der Waals surface area contributed by atoms with E-state index in [4.69, 9.17) is 15.1 Å². The first kappa shape index (κ1) is 25.3. The number of rotatable bonds is 5. The minimum Gasteiger partial charge on any atom is -0.444 e. The van der Waals surface area contributed by atoms with Gasteiger partial charge in [0.1, 0.15) is 5.60 Å². The Kier molecular flexibility index (Phi) is 6.75. The molecule has 3 N–H and O–H groups in total. The standard InChI is InChI=1S/C29H33N7O2/c1-29(2,3)38-28(37)35-15-12-19-10-11-21(17-20(19)13-16-35)32-27-33-26-23(8-6-14-36(26)34-27)22-7-5-9-25(31-4)24(22)18-30/h5-11,14,17-18,30-31H,12-13,15-16H2,1-4H3,(H,32,34). The fourth-order valence-electron chi connectivity index (χ4n) is 4.78. The lowest BCUT2D eigenvalue weighted by Crippen LogP contribution is -2.38. The Morgan fingerprint density at radius 2 is 1.82 bits per heavy atom. The molecule has 1 aliphatic heterocycles. The summed E-state index contributed by atoms with van der Waals surface area (Å²) in [5, 5.41) is 19.1. The zero-order chi connectivity index (χ0) is 26.9. The van der Waals surface area contributed by atoms with Crippen LogP contribution < -0.4 is 10.6 Å². The highest BCUT2D eigenvalue weighted by molar-refractivity contribution is 5.98. The van der Waals surface area contributed by atoms with Gasteiger partial charge in [-0.2, -0.15) is 4.98 Å². The third-order valence-electron chi connectivity index (χ3n) is 6.59. The van der Waals surface area contributed by atoms with E-state index in [0.29, 0.717) is 24.7 Å². The SMILES string of the molecule is CNc1cccc(-c2cccn3nc(Nc4ccc5c(c4)CCN(C(=O)OC(C)(C)C)CC5)nc23)c1C=N. The zero-order valence-corrected chi connectivity index (χ0v) is 22.2. The van der Waals surface area contributed by atoms with Crippen LogP contribution in [0.5, 0.6) is 0 Å². The number of nitrogens with one attached hydrogen (secondary N) is 3. The number of nitrogens with zero attached hydrogens (tertiary/aromatic N) is 4. The van der Waals surface area contributed by atoms with E-state index in [1.165, 1.54) is 17.3 Å². The Morgan fingerprint density at radius 3 is 2.55 bits per heavy atom. The molecular weight excluding hydrogens is 478 g/mol. The van der Waals surface area contributed by atoms with Gasteiger partial charge in [0, 0.05) is 55.1 Å². The molecule has 4 aromatic rings. The van der Waals surface area contributed by atoms with Gasteiger partial charge < -0.3 is 25.7 Å². The first-order chi connectivity index (χ1) is 18.3. The van der Waals surface area contributed by atoms with Crippen molar-refractivity contribution in [1.82, 2.24) is 19.5 Å². The smallest absolute Gasteiger partial charge is 0.410 e. The molecular formula is C29H33N7O2. The van der Waals surface area contributed by atoms with Crippen molar-refractivity contribution in [2.75, 3.05) is 30.8 Å². The van der Waals surface area contributed by atoms with Gasteiger partial charge in [-0.25, -0.2) is 9.31 Å². The fraction of sp³-hybridized carbons (Fsp3) is 0.310. The van der Waals surface area contributed by atoms with Gasteiger partial charge in [-0.05, 0) is 80.6 Å². The first-order valence-corrected chi connectivity index (χ1v) is 12.8. The summed E-state index contributed by atoms with van der Waals surface area (Å²) in [4.78, 5) is 19.2. The predicted octanol–water partition coefficient (Wildman–Crippen LogP) is 5.51. The molecule has 2 aromatic carbocycles. The molecule has 9 heteroatoms. The number of pyridine rings is 1. The van der Waals surface area contributed by atoms with Crippen molar-refractivity contribution in [3.8, 4) is 11.1 Å². The van der Waals surface area contributed by atoms with E-state index in [-0.39, 0.29) is 6.09 Å². The van der Waals surface area contributed by atoms with Crippen molar-refractivity contribution in [2.45, 2.75) is 39.2 Å². The Bertz CT molecular complexity index is 1500. The van der Waals surface area contributed by atoms with Crippen LogP contribution in [0.3, 0.4) is 0 Å². The summed E-state index contributed by atoms with van der Waals surface area (Å²) in [6.07, 6.45) is 4.50.